The fourth-order valence-corrected chi connectivity index (χ4v) is 0.711. The van der Waals surface area contributed by atoms with Gasteiger partial charge < -0.3 is 10.7 Å². The zero-order valence-electron chi connectivity index (χ0n) is 4.69. The van der Waals surface area contributed by atoms with Crippen LogP contribution in [-0.2, 0) is 0 Å². The number of aromatic amines is 1. The molecule has 10 heavy (non-hydrogen) atoms. The third kappa shape index (κ3) is 1.22. The Bertz CT molecular complexity index is 250. The molecule has 0 aliphatic carbocycles. The van der Waals surface area contributed by atoms with Gasteiger partial charge in [0, 0.05) is 0 Å². The van der Waals surface area contributed by atoms with Gasteiger partial charge >= 0.3 is 0 Å². The van der Waals surface area contributed by atoms with Crippen LogP contribution >= 0.6 is 23.2 Å². The van der Waals surface area contributed by atoms with Gasteiger partial charge in [0.25, 0.3) is 5.91 Å². The summed E-state index contributed by atoms with van der Waals surface area (Å²) < 4.78 is 0. The highest BCUT2D eigenvalue weighted by Gasteiger charge is 2.08. The van der Waals surface area contributed by atoms with Crippen LogP contribution in [0, 0.1) is 0 Å². The zero-order chi connectivity index (χ0) is 7.72. The Morgan fingerprint density at radius 2 is 2.20 bits per heavy atom. The Labute approximate surface area is 66.3 Å². The summed E-state index contributed by atoms with van der Waals surface area (Å²) in [4.78, 5) is 16.3. The van der Waals surface area contributed by atoms with Crippen LogP contribution in [0.1, 0.15) is 10.6 Å². The van der Waals surface area contributed by atoms with E-state index in [1.54, 1.807) is 0 Å². The highest BCUT2D eigenvalue weighted by molar-refractivity contribution is 6.40. The predicted octanol–water partition coefficient (Wildman–Crippen LogP) is 0.815. The number of halogens is 2. The number of carbonyl (C=O) groups excluding carboxylic acids is 1. The van der Waals surface area contributed by atoms with Crippen molar-refractivity contribution in [2.24, 2.45) is 5.73 Å². The molecule has 1 aromatic heterocycles. The minimum Gasteiger partial charge on any atom is -0.363 e. The summed E-state index contributed by atoms with van der Waals surface area (Å²) in [6.45, 7) is 0. The molecule has 1 heterocycles. The lowest BCUT2D eigenvalue weighted by Crippen LogP contribution is -2.12. The molecule has 3 N–H and O–H groups in total. The minimum absolute atomic E-state index is 0.0324. The second-order valence-corrected chi connectivity index (χ2v) is 2.29. The second kappa shape index (κ2) is 2.48. The maximum atomic E-state index is 10.4. The van der Waals surface area contributed by atoms with Gasteiger partial charge in [-0.15, -0.1) is 0 Å². The van der Waals surface area contributed by atoms with Gasteiger partial charge in [0.05, 0.1) is 0 Å². The third-order valence-electron chi connectivity index (χ3n) is 0.853. The lowest BCUT2D eigenvalue weighted by atomic mass is 10.6. The Hall–Kier alpha value is -0.740. The molecule has 0 spiro atoms. The summed E-state index contributed by atoms with van der Waals surface area (Å²) >= 11 is 10.8. The minimum atomic E-state index is -0.686. The zero-order valence-corrected chi connectivity index (χ0v) is 6.20. The first kappa shape index (κ1) is 7.37. The number of amides is 1. The first-order valence-corrected chi connectivity index (χ1v) is 3.07. The molecule has 0 aromatic carbocycles. The van der Waals surface area contributed by atoms with Gasteiger partial charge in [-0.05, 0) is 0 Å². The van der Waals surface area contributed by atoms with Gasteiger partial charge in [0.1, 0.15) is 5.15 Å². The summed E-state index contributed by atoms with van der Waals surface area (Å²) in [7, 11) is 0. The van der Waals surface area contributed by atoms with Crippen molar-refractivity contribution >= 4 is 29.1 Å². The smallest absolute Gasteiger partial charge is 0.284 e. The van der Waals surface area contributed by atoms with Crippen molar-refractivity contribution in [1.29, 1.82) is 0 Å². The highest BCUT2D eigenvalue weighted by Crippen LogP contribution is 2.16. The van der Waals surface area contributed by atoms with E-state index < -0.39 is 5.91 Å². The normalized spacial score (nSPS) is 9.80. The Kier molecular flexibility index (Phi) is 1.82. The van der Waals surface area contributed by atoms with Crippen molar-refractivity contribution in [2.45, 2.75) is 0 Å². The van der Waals surface area contributed by atoms with E-state index in [0.717, 1.165) is 0 Å². The Balaban J connectivity index is 3.10. The number of hydrogen-bond acceptors (Lipinski definition) is 2. The maximum absolute atomic E-state index is 10.4. The SMILES string of the molecule is NC(=O)c1nc(Cl)c(Cl)[nH]1. The van der Waals surface area contributed by atoms with Crippen molar-refractivity contribution in [3.05, 3.63) is 16.1 Å². The summed E-state index contributed by atoms with van der Waals surface area (Å²) in [5, 5.41) is 0.172. The van der Waals surface area contributed by atoms with Crippen LogP contribution in [0.2, 0.25) is 10.3 Å². The standard InChI is InChI=1S/C4H3Cl2N3O/c5-1-2(6)9-4(8-1)3(7)10/h(H2,7,10)(H,8,9). The van der Waals surface area contributed by atoms with Crippen molar-refractivity contribution in [3.63, 3.8) is 0 Å². The molecule has 0 atom stereocenters. The molecule has 54 valence electrons. The van der Waals surface area contributed by atoms with Gasteiger partial charge in [0.15, 0.2) is 11.0 Å². The van der Waals surface area contributed by atoms with E-state index in [2.05, 4.69) is 9.97 Å². The highest BCUT2D eigenvalue weighted by atomic mass is 35.5. The number of rotatable bonds is 1. The number of hydrogen-bond donors (Lipinski definition) is 2. The van der Waals surface area contributed by atoms with Crippen molar-refractivity contribution < 1.29 is 4.79 Å². The number of imidazole rings is 1. The van der Waals surface area contributed by atoms with Crippen molar-refractivity contribution in [1.82, 2.24) is 9.97 Å². The van der Waals surface area contributed by atoms with E-state index in [1.165, 1.54) is 0 Å². The number of H-pyrrole nitrogens is 1. The summed E-state index contributed by atoms with van der Waals surface area (Å²) in [5.41, 5.74) is 4.85. The fourth-order valence-electron chi connectivity index (χ4n) is 0.447. The van der Waals surface area contributed by atoms with Crippen LogP contribution in [0.25, 0.3) is 0 Å². The Morgan fingerprint density at radius 1 is 1.60 bits per heavy atom. The third-order valence-corrected chi connectivity index (χ3v) is 1.50. The molecular formula is C4H3Cl2N3O. The molecule has 0 saturated carbocycles. The second-order valence-electron chi connectivity index (χ2n) is 1.55. The maximum Gasteiger partial charge on any atom is 0.284 e. The van der Waals surface area contributed by atoms with Crippen molar-refractivity contribution in [2.75, 3.05) is 0 Å². The molecular weight excluding hydrogens is 177 g/mol. The molecule has 0 aliphatic heterocycles. The van der Waals surface area contributed by atoms with E-state index in [1.807, 2.05) is 0 Å². The predicted molar refractivity (Wildman–Crippen MR) is 37.1 cm³/mol. The van der Waals surface area contributed by atoms with Crippen LogP contribution in [0.3, 0.4) is 0 Å². The van der Waals surface area contributed by atoms with Crippen molar-refractivity contribution in [3.8, 4) is 0 Å². The molecule has 0 unspecified atom stereocenters. The fraction of sp³-hybridized carbons (Fsp3) is 0. The monoisotopic (exact) mass is 179 g/mol. The first-order chi connectivity index (χ1) is 4.61. The van der Waals surface area contributed by atoms with Gasteiger partial charge in [0.2, 0.25) is 0 Å². The quantitative estimate of drug-likeness (QED) is 0.671. The molecule has 1 rings (SSSR count). The summed E-state index contributed by atoms with van der Waals surface area (Å²) in [6.07, 6.45) is 0. The average Bonchev–Trinajstić information content (AvgIpc) is 2.13. The molecule has 0 bridgehead atoms. The number of nitrogens with one attached hydrogen (secondary N) is 1. The van der Waals surface area contributed by atoms with E-state index in [9.17, 15) is 4.79 Å². The number of nitrogens with two attached hydrogens (primary N) is 1. The van der Waals surface area contributed by atoms with Crippen LogP contribution in [-0.4, -0.2) is 15.9 Å². The van der Waals surface area contributed by atoms with Gasteiger partial charge in [-0.3, -0.25) is 4.79 Å². The molecule has 6 heteroatoms. The van der Waals surface area contributed by atoms with Crippen LogP contribution in [0.5, 0.6) is 0 Å². The van der Waals surface area contributed by atoms with E-state index >= 15 is 0 Å². The molecule has 1 amide bonds. The number of nitrogens with zero attached hydrogens (tertiary/aromatic N) is 1. The first-order valence-electron chi connectivity index (χ1n) is 2.32. The average molecular weight is 180 g/mol. The lowest BCUT2D eigenvalue weighted by molar-refractivity contribution is 0.0991. The lowest BCUT2D eigenvalue weighted by Gasteiger charge is -1.81. The number of carbonyl (C=O) groups is 1. The van der Waals surface area contributed by atoms with E-state index in [0.29, 0.717) is 0 Å². The van der Waals surface area contributed by atoms with Crippen LogP contribution < -0.4 is 5.73 Å². The Morgan fingerprint density at radius 3 is 2.40 bits per heavy atom. The topological polar surface area (TPSA) is 71.8 Å². The van der Waals surface area contributed by atoms with E-state index in [-0.39, 0.29) is 16.1 Å². The largest absolute Gasteiger partial charge is 0.363 e. The molecule has 0 aliphatic rings. The number of aromatic nitrogens is 2. The van der Waals surface area contributed by atoms with Gasteiger partial charge in [-0.1, -0.05) is 23.2 Å². The van der Waals surface area contributed by atoms with E-state index in [4.69, 9.17) is 28.9 Å². The molecule has 0 saturated heterocycles. The summed E-state index contributed by atoms with van der Waals surface area (Å²) in [5.74, 6) is -0.719. The molecule has 1 aromatic rings. The van der Waals surface area contributed by atoms with Gasteiger partial charge in [-0.25, -0.2) is 4.98 Å². The van der Waals surface area contributed by atoms with Gasteiger partial charge in [-0.2, -0.15) is 0 Å². The van der Waals surface area contributed by atoms with Crippen LogP contribution in [0.4, 0.5) is 0 Å². The summed E-state index contributed by atoms with van der Waals surface area (Å²) in [6, 6.07) is 0. The molecule has 4 nitrogen and oxygen atoms in total. The number of primary amides is 1. The van der Waals surface area contributed by atoms with Crippen LogP contribution in [0.15, 0.2) is 0 Å². The molecule has 0 radical (unpaired) electrons. The molecule has 0 fully saturated rings.